The quantitative estimate of drug-likeness (QED) is 0.277. The molecule has 1 aliphatic heterocycles. The number of hydrogen-bond acceptors (Lipinski definition) is 4. The Bertz CT molecular complexity index is 1460. The molecule has 5 rings (SSSR count). The lowest BCUT2D eigenvalue weighted by molar-refractivity contribution is -0.137. The van der Waals surface area contributed by atoms with Crippen LogP contribution >= 0.6 is 11.6 Å². The maximum absolute atomic E-state index is 12.8. The number of anilines is 1. The molecule has 9 heteroatoms. The first-order chi connectivity index (χ1) is 18.2. The van der Waals surface area contributed by atoms with Crippen LogP contribution in [0, 0.1) is 0 Å². The van der Waals surface area contributed by atoms with E-state index in [2.05, 4.69) is 17.2 Å². The zero-order valence-corrected chi connectivity index (χ0v) is 20.9. The lowest BCUT2D eigenvalue weighted by Crippen LogP contribution is -2.12. The topological polar surface area (TPSA) is 60.5 Å². The summed E-state index contributed by atoms with van der Waals surface area (Å²) in [6.07, 6.45) is -2.01. The normalized spacial score (nSPS) is 14.8. The van der Waals surface area contributed by atoms with Gasteiger partial charge in [0, 0.05) is 17.2 Å². The highest BCUT2D eigenvalue weighted by molar-refractivity contribution is 6.32. The van der Waals surface area contributed by atoms with Crippen LogP contribution in [0.15, 0.2) is 79.0 Å². The number of halogens is 4. The molecule has 1 aromatic heterocycles. The summed E-state index contributed by atoms with van der Waals surface area (Å²) in [5.41, 5.74) is 2.20. The molecule has 0 saturated heterocycles. The first-order valence-electron chi connectivity index (χ1n) is 11.9. The number of aromatic nitrogens is 1. The van der Waals surface area contributed by atoms with E-state index in [9.17, 15) is 18.0 Å². The number of fused-ring (bicyclic) bond motifs is 1. The van der Waals surface area contributed by atoms with Gasteiger partial charge in [-0.25, -0.2) is 0 Å². The van der Waals surface area contributed by atoms with Crippen LogP contribution in [0.5, 0.6) is 17.2 Å². The summed E-state index contributed by atoms with van der Waals surface area (Å²) in [5.74, 6) is 1.75. The van der Waals surface area contributed by atoms with Crippen LogP contribution in [0.25, 0.3) is 11.3 Å². The van der Waals surface area contributed by atoms with E-state index in [1.54, 1.807) is 42.5 Å². The number of carbonyl (C=O) groups excluding carboxylic acids is 1. The standard InChI is InChI=1S/C29H22ClF3N2O3/c1-17-12-13-37-26-15-27(24(30)14-23(17)26)38-22-9-4-19(5-10-22)28(36)35-21-8-11-25(34-16-21)18-2-6-20(7-3-18)29(31,32)33/h2-11,14-17H,12-13H2,1H3,(H,35,36). The monoisotopic (exact) mass is 538 g/mol. The van der Waals surface area contributed by atoms with Gasteiger partial charge in [0.25, 0.3) is 5.91 Å². The molecule has 1 unspecified atom stereocenters. The average Bonchev–Trinajstić information content (AvgIpc) is 2.90. The molecule has 38 heavy (non-hydrogen) atoms. The van der Waals surface area contributed by atoms with Gasteiger partial charge in [-0.3, -0.25) is 9.78 Å². The first-order valence-corrected chi connectivity index (χ1v) is 12.2. The Morgan fingerprint density at radius 1 is 1.05 bits per heavy atom. The summed E-state index contributed by atoms with van der Waals surface area (Å²) < 4.78 is 50.0. The van der Waals surface area contributed by atoms with Gasteiger partial charge in [0.05, 0.1) is 34.8 Å². The molecule has 5 nitrogen and oxygen atoms in total. The summed E-state index contributed by atoms with van der Waals surface area (Å²) in [5, 5.41) is 3.24. The smallest absolute Gasteiger partial charge is 0.416 e. The number of nitrogens with one attached hydrogen (secondary N) is 1. The number of hydrogen-bond donors (Lipinski definition) is 1. The molecule has 0 bridgehead atoms. The fourth-order valence-corrected chi connectivity index (χ4v) is 4.32. The van der Waals surface area contributed by atoms with Crippen LogP contribution in [-0.4, -0.2) is 17.5 Å². The number of ether oxygens (including phenoxy) is 2. The van der Waals surface area contributed by atoms with Crippen molar-refractivity contribution in [1.29, 1.82) is 0 Å². The fourth-order valence-electron chi connectivity index (χ4n) is 4.11. The number of pyridine rings is 1. The summed E-state index contributed by atoms with van der Waals surface area (Å²) in [4.78, 5) is 16.9. The highest BCUT2D eigenvalue weighted by Gasteiger charge is 2.30. The van der Waals surface area contributed by atoms with Crippen molar-refractivity contribution in [3.63, 3.8) is 0 Å². The van der Waals surface area contributed by atoms with Gasteiger partial charge >= 0.3 is 6.18 Å². The molecule has 1 atom stereocenters. The first kappa shape index (κ1) is 25.6. The zero-order valence-electron chi connectivity index (χ0n) is 20.2. The maximum Gasteiger partial charge on any atom is 0.416 e. The van der Waals surface area contributed by atoms with E-state index in [0.29, 0.717) is 51.6 Å². The number of alkyl halides is 3. The van der Waals surface area contributed by atoms with Crippen molar-refractivity contribution in [3.8, 4) is 28.5 Å². The third-order valence-corrected chi connectivity index (χ3v) is 6.57. The number of nitrogens with zero attached hydrogens (tertiary/aromatic N) is 1. The van der Waals surface area contributed by atoms with Crippen LogP contribution in [0.2, 0.25) is 5.02 Å². The molecular weight excluding hydrogens is 517 g/mol. The van der Waals surface area contributed by atoms with E-state index in [-0.39, 0.29) is 5.91 Å². The molecule has 0 fully saturated rings. The summed E-state index contributed by atoms with van der Waals surface area (Å²) in [6, 6.07) is 18.2. The van der Waals surface area contributed by atoms with Gasteiger partial charge in [-0.15, -0.1) is 0 Å². The highest BCUT2D eigenvalue weighted by atomic mass is 35.5. The Balaban J connectivity index is 1.22. The Labute approximate surface area is 222 Å². The van der Waals surface area contributed by atoms with Crippen molar-refractivity contribution in [2.75, 3.05) is 11.9 Å². The van der Waals surface area contributed by atoms with Crippen LogP contribution in [0.3, 0.4) is 0 Å². The van der Waals surface area contributed by atoms with Crippen molar-refractivity contribution < 1.29 is 27.4 Å². The molecule has 0 radical (unpaired) electrons. The summed E-state index contributed by atoms with van der Waals surface area (Å²) in [7, 11) is 0. The third-order valence-electron chi connectivity index (χ3n) is 6.28. The SMILES string of the molecule is CC1CCOc2cc(Oc3ccc(C(=O)Nc4ccc(-c5ccc(C(F)(F)F)cc5)nc4)cc3)c(Cl)cc21. The molecule has 0 spiro atoms. The van der Waals surface area contributed by atoms with Gasteiger partial charge in [0.1, 0.15) is 17.2 Å². The van der Waals surface area contributed by atoms with Crippen molar-refractivity contribution in [2.45, 2.75) is 25.4 Å². The van der Waals surface area contributed by atoms with E-state index in [0.717, 1.165) is 29.9 Å². The number of rotatable bonds is 5. The maximum atomic E-state index is 12.8. The molecule has 1 amide bonds. The van der Waals surface area contributed by atoms with Crippen molar-refractivity contribution in [3.05, 3.63) is 101 Å². The molecule has 4 aromatic rings. The number of benzene rings is 3. The fraction of sp³-hybridized carbons (Fsp3) is 0.172. The largest absolute Gasteiger partial charge is 0.493 e. The van der Waals surface area contributed by atoms with Gasteiger partial charge in [-0.1, -0.05) is 30.7 Å². The van der Waals surface area contributed by atoms with Crippen molar-refractivity contribution in [1.82, 2.24) is 4.98 Å². The molecule has 0 aliphatic carbocycles. The lowest BCUT2D eigenvalue weighted by Gasteiger charge is -2.24. The second-order valence-electron chi connectivity index (χ2n) is 8.95. The predicted octanol–water partition coefficient (Wildman–Crippen LogP) is 8.35. The predicted molar refractivity (Wildman–Crippen MR) is 139 cm³/mol. The van der Waals surface area contributed by atoms with E-state index in [4.69, 9.17) is 21.1 Å². The Kier molecular flexibility index (Phi) is 6.99. The van der Waals surface area contributed by atoms with E-state index < -0.39 is 11.7 Å². The van der Waals surface area contributed by atoms with E-state index in [1.165, 1.54) is 18.3 Å². The zero-order chi connectivity index (χ0) is 26.9. The van der Waals surface area contributed by atoms with Crippen LogP contribution in [0.4, 0.5) is 18.9 Å². The van der Waals surface area contributed by atoms with Crippen LogP contribution in [-0.2, 0) is 6.18 Å². The molecular formula is C29H22ClF3N2O3. The second kappa shape index (κ2) is 10.4. The van der Waals surface area contributed by atoms with Crippen LogP contribution in [0.1, 0.15) is 40.7 Å². The molecule has 1 N–H and O–H groups in total. The molecule has 0 saturated carbocycles. The third kappa shape index (κ3) is 5.60. The molecule has 3 aromatic carbocycles. The summed E-state index contributed by atoms with van der Waals surface area (Å²) >= 11 is 6.43. The Hall–Kier alpha value is -4.04. The molecule has 2 heterocycles. The van der Waals surface area contributed by atoms with E-state index >= 15 is 0 Å². The lowest BCUT2D eigenvalue weighted by atomic mass is 9.95. The number of carbonyl (C=O) groups is 1. The van der Waals surface area contributed by atoms with Crippen LogP contribution < -0.4 is 14.8 Å². The second-order valence-corrected chi connectivity index (χ2v) is 9.35. The van der Waals surface area contributed by atoms with Gasteiger partial charge in [-0.05, 0) is 72.5 Å². The Morgan fingerprint density at radius 2 is 1.79 bits per heavy atom. The van der Waals surface area contributed by atoms with Gasteiger partial charge in [0.15, 0.2) is 0 Å². The summed E-state index contributed by atoms with van der Waals surface area (Å²) in [6.45, 7) is 2.78. The average molecular weight is 539 g/mol. The van der Waals surface area contributed by atoms with Crippen molar-refractivity contribution in [2.24, 2.45) is 0 Å². The van der Waals surface area contributed by atoms with Gasteiger partial charge < -0.3 is 14.8 Å². The van der Waals surface area contributed by atoms with E-state index in [1.807, 2.05) is 6.07 Å². The number of amides is 1. The molecule has 1 aliphatic rings. The highest BCUT2D eigenvalue weighted by Crippen LogP contribution is 2.41. The minimum atomic E-state index is -4.40. The minimum absolute atomic E-state index is 0.352. The van der Waals surface area contributed by atoms with Gasteiger partial charge in [-0.2, -0.15) is 13.2 Å². The Morgan fingerprint density at radius 3 is 2.45 bits per heavy atom. The minimum Gasteiger partial charge on any atom is -0.493 e. The molecule has 194 valence electrons. The van der Waals surface area contributed by atoms with Crippen molar-refractivity contribution >= 4 is 23.2 Å². The van der Waals surface area contributed by atoms with Gasteiger partial charge in [0.2, 0.25) is 0 Å².